The maximum absolute atomic E-state index is 12.7. The summed E-state index contributed by atoms with van der Waals surface area (Å²) in [5.41, 5.74) is 8.68. The molecule has 0 aliphatic heterocycles. The van der Waals surface area contributed by atoms with Gasteiger partial charge < -0.3 is 4.57 Å². The predicted octanol–water partition coefficient (Wildman–Crippen LogP) is 5.88. The number of hydrazone groups is 1. The first kappa shape index (κ1) is 20.5. The van der Waals surface area contributed by atoms with Crippen molar-refractivity contribution in [3.05, 3.63) is 133 Å². The van der Waals surface area contributed by atoms with Crippen molar-refractivity contribution in [3.8, 4) is 11.1 Å². The lowest BCUT2D eigenvalue weighted by molar-refractivity contribution is -0.121. The molecule has 4 nitrogen and oxygen atoms in total. The molecule has 5 rings (SSSR count). The molecule has 0 spiro atoms. The molecule has 0 bridgehead atoms. The Hall–Kier alpha value is -4.44. The predicted molar refractivity (Wildman–Crippen MR) is 134 cm³/mol. The van der Waals surface area contributed by atoms with Crippen molar-refractivity contribution in [2.24, 2.45) is 5.10 Å². The lowest BCUT2D eigenvalue weighted by Crippen LogP contribution is -2.24. The third-order valence-electron chi connectivity index (χ3n) is 5.60. The standard InChI is InChI=1S/C29H23N3O/c33-28(21-32-20-19-24-11-7-8-14-27(24)32)30-31-29(25-12-5-2-6-13-25)26-17-15-23(16-18-26)22-9-3-1-4-10-22/h1-20H,21H2,(H,30,33)/b31-29+. The fourth-order valence-corrected chi connectivity index (χ4v) is 3.93. The van der Waals surface area contributed by atoms with Crippen molar-refractivity contribution in [3.63, 3.8) is 0 Å². The van der Waals surface area contributed by atoms with Gasteiger partial charge in [-0.2, -0.15) is 5.10 Å². The highest BCUT2D eigenvalue weighted by molar-refractivity contribution is 6.13. The maximum Gasteiger partial charge on any atom is 0.260 e. The number of hydrogen-bond donors (Lipinski definition) is 1. The third-order valence-corrected chi connectivity index (χ3v) is 5.60. The molecule has 0 atom stereocenters. The summed E-state index contributed by atoms with van der Waals surface area (Å²) in [5, 5.41) is 5.64. The first-order valence-corrected chi connectivity index (χ1v) is 10.9. The van der Waals surface area contributed by atoms with Crippen molar-refractivity contribution in [2.45, 2.75) is 6.54 Å². The van der Waals surface area contributed by atoms with Crippen molar-refractivity contribution in [1.82, 2.24) is 9.99 Å². The number of rotatable bonds is 6. The third kappa shape index (κ3) is 4.60. The molecule has 1 N–H and O–H groups in total. The second kappa shape index (κ2) is 9.37. The lowest BCUT2D eigenvalue weighted by atomic mass is 9.99. The first-order valence-electron chi connectivity index (χ1n) is 10.9. The lowest BCUT2D eigenvalue weighted by Gasteiger charge is -2.10. The van der Waals surface area contributed by atoms with Gasteiger partial charge in [-0.1, -0.05) is 103 Å². The number of aromatic nitrogens is 1. The van der Waals surface area contributed by atoms with E-state index in [-0.39, 0.29) is 12.5 Å². The minimum absolute atomic E-state index is 0.175. The van der Waals surface area contributed by atoms with Crippen molar-refractivity contribution >= 4 is 22.5 Å². The Balaban J connectivity index is 1.40. The second-order valence-electron chi connectivity index (χ2n) is 7.81. The van der Waals surface area contributed by atoms with Gasteiger partial charge in [0.2, 0.25) is 0 Å². The molecule has 1 amide bonds. The van der Waals surface area contributed by atoms with Crippen LogP contribution in [0.1, 0.15) is 11.1 Å². The number of nitrogens with one attached hydrogen (secondary N) is 1. The van der Waals surface area contributed by atoms with Crippen LogP contribution in [0.4, 0.5) is 0 Å². The quantitative estimate of drug-likeness (QED) is 0.266. The molecule has 0 unspecified atom stereocenters. The summed E-state index contributed by atoms with van der Waals surface area (Å²) in [7, 11) is 0. The van der Waals surface area contributed by atoms with E-state index in [0.717, 1.165) is 38.9 Å². The Morgan fingerprint density at radius 3 is 2.03 bits per heavy atom. The van der Waals surface area contributed by atoms with Crippen LogP contribution in [0.25, 0.3) is 22.0 Å². The van der Waals surface area contributed by atoms with Crippen LogP contribution < -0.4 is 5.43 Å². The smallest absolute Gasteiger partial charge is 0.260 e. The molecular weight excluding hydrogens is 406 g/mol. The van der Waals surface area contributed by atoms with Crippen LogP contribution in [0, 0.1) is 0 Å². The number of benzene rings is 4. The van der Waals surface area contributed by atoms with E-state index in [1.807, 2.05) is 102 Å². The number of carbonyl (C=O) groups is 1. The topological polar surface area (TPSA) is 46.4 Å². The zero-order valence-corrected chi connectivity index (χ0v) is 18.1. The highest BCUT2D eigenvalue weighted by atomic mass is 16.2. The number of hydrogen-bond acceptors (Lipinski definition) is 2. The van der Waals surface area contributed by atoms with Crippen molar-refractivity contribution < 1.29 is 4.79 Å². The van der Waals surface area contributed by atoms with Crippen LogP contribution in [-0.4, -0.2) is 16.2 Å². The summed E-state index contributed by atoms with van der Waals surface area (Å²) in [4.78, 5) is 12.7. The molecule has 0 saturated carbocycles. The molecule has 5 aromatic rings. The van der Waals surface area contributed by atoms with E-state index in [9.17, 15) is 4.79 Å². The normalized spacial score (nSPS) is 11.5. The van der Waals surface area contributed by atoms with Crippen LogP contribution in [0.2, 0.25) is 0 Å². The van der Waals surface area contributed by atoms with Gasteiger partial charge in [0.1, 0.15) is 6.54 Å². The molecular formula is C29H23N3O. The Kier molecular flexibility index (Phi) is 5.81. The van der Waals surface area contributed by atoms with Crippen LogP contribution in [0.3, 0.4) is 0 Å². The van der Waals surface area contributed by atoms with E-state index in [1.165, 1.54) is 0 Å². The SMILES string of the molecule is O=C(Cn1ccc2ccccc21)N/N=C(\c1ccccc1)c1ccc(-c2ccccc2)cc1. The fraction of sp³-hybridized carbons (Fsp3) is 0.0345. The monoisotopic (exact) mass is 429 g/mol. The van der Waals surface area contributed by atoms with Gasteiger partial charge in [-0.15, -0.1) is 0 Å². The van der Waals surface area contributed by atoms with Crippen LogP contribution in [0.5, 0.6) is 0 Å². The molecule has 0 fully saturated rings. The number of amides is 1. The molecule has 4 aromatic carbocycles. The summed E-state index contributed by atoms with van der Waals surface area (Å²) in [6.45, 7) is 0.200. The van der Waals surface area contributed by atoms with E-state index < -0.39 is 0 Å². The zero-order chi connectivity index (χ0) is 22.5. The van der Waals surface area contributed by atoms with Gasteiger partial charge in [-0.05, 0) is 28.6 Å². The van der Waals surface area contributed by atoms with Gasteiger partial charge >= 0.3 is 0 Å². The van der Waals surface area contributed by atoms with E-state index in [4.69, 9.17) is 0 Å². The summed E-state index contributed by atoms with van der Waals surface area (Å²) < 4.78 is 1.93. The summed E-state index contributed by atoms with van der Waals surface area (Å²) >= 11 is 0. The molecule has 160 valence electrons. The Labute approximate surface area is 192 Å². The Morgan fingerprint density at radius 2 is 1.27 bits per heavy atom. The molecule has 4 heteroatoms. The second-order valence-corrected chi connectivity index (χ2v) is 7.81. The van der Waals surface area contributed by atoms with Crippen LogP contribution >= 0.6 is 0 Å². The summed E-state index contributed by atoms with van der Waals surface area (Å²) in [6.07, 6.45) is 1.92. The van der Waals surface area contributed by atoms with Crippen LogP contribution in [-0.2, 0) is 11.3 Å². The van der Waals surface area contributed by atoms with Gasteiger partial charge in [0, 0.05) is 22.8 Å². The maximum atomic E-state index is 12.7. The molecule has 33 heavy (non-hydrogen) atoms. The highest BCUT2D eigenvalue weighted by Crippen LogP contribution is 2.21. The van der Waals surface area contributed by atoms with Crippen molar-refractivity contribution in [1.29, 1.82) is 0 Å². The van der Waals surface area contributed by atoms with Gasteiger partial charge in [0.15, 0.2) is 0 Å². The van der Waals surface area contributed by atoms with E-state index in [1.54, 1.807) is 0 Å². The summed E-state index contributed by atoms with van der Waals surface area (Å²) in [5.74, 6) is -0.175. The molecule has 1 heterocycles. The number of carbonyl (C=O) groups excluding carboxylic acids is 1. The number of fused-ring (bicyclic) bond motifs is 1. The van der Waals surface area contributed by atoms with E-state index in [0.29, 0.717) is 0 Å². The number of para-hydroxylation sites is 1. The molecule has 0 saturated heterocycles. The summed E-state index contributed by atoms with van der Waals surface area (Å²) in [6, 6.07) is 38.4. The molecule has 1 aromatic heterocycles. The molecule has 0 aliphatic carbocycles. The average molecular weight is 430 g/mol. The van der Waals surface area contributed by atoms with Crippen molar-refractivity contribution in [2.75, 3.05) is 0 Å². The number of nitrogens with zero attached hydrogens (tertiary/aromatic N) is 2. The van der Waals surface area contributed by atoms with Gasteiger partial charge in [0.05, 0.1) is 5.71 Å². The minimum Gasteiger partial charge on any atom is -0.338 e. The van der Waals surface area contributed by atoms with E-state index in [2.05, 4.69) is 34.8 Å². The Morgan fingerprint density at radius 1 is 0.667 bits per heavy atom. The van der Waals surface area contributed by atoms with Crippen LogP contribution in [0.15, 0.2) is 127 Å². The largest absolute Gasteiger partial charge is 0.338 e. The average Bonchev–Trinajstić information content (AvgIpc) is 3.28. The minimum atomic E-state index is -0.175. The molecule has 0 radical (unpaired) electrons. The van der Waals surface area contributed by atoms with Gasteiger partial charge in [-0.3, -0.25) is 4.79 Å². The van der Waals surface area contributed by atoms with Gasteiger partial charge in [0.25, 0.3) is 5.91 Å². The highest BCUT2D eigenvalue weighted by Gasteiger charge is 2.10. The first-order chi connectivity index (χ1) is 16.3. The molecule has 0 aliphatic rings. The Bertz CT molecular complexity index is 1400. The fourth-order valence-electron chi connectivity index (χ4n) is 3.93. The van der Waals surface area contributed by atoms with Gasteiger partial charge in [-0.25, -0.2) is 5.43 Å². The zero-order valence-electron chi connectivity index (χ0n) is 18.1. The van der Waals surface area contributed by atoms with E-state index >= 15 is 0 Å².